The first-order valence-electron chi connectivity index (χ1n) is 7.34. The van der Waals surface area contributed by atoms with Gasteiger partial charge in [-0.25, -0.2) is 0 Å². The van der Waals surface area contributed by atoms with Crippen LogP contribution in [0.1, 0.15) is 31.9 Å². The van der Waals surface area contributed by atoms with Gasteiger partial charge in [-0.1, -0.05) is 32.9 Å². The van der Waals surface area contributed by atoms with E-state index in [0.29, 0.717) is 5.41 Å². The van der Waals surface area contributed by atoms with Crippen LogP contribution in [0, 0.1) is 12.3 Å². The maximum Gasteiger partial charge on any atom is 0.0396 e. The topological polar surface area (TPSA) is 6.48 Å². The van der Waals surface area contributed by atoms with Crippen LogP contribution in [0.5, 0.6) is 0 Å². The predicted molar refractivity (Wildman–Crippen MR) is 82.0 cm³/mol. The van der Waals surface area contributed by atoms with Gasteiger partial charge in [0.2, 0.25) is 0 Å². The minimum atomic E-state index is 0.246. The molecule has 0 aromatic heterocycles. The summed E-state index contributed by atoms with van der Waals surface area (Å²) in [6.07, 6.45) is 0. The molecular weight excluding hydrogens is 232 g/mol. The Kier molecular flexibility index (Phi) is 2.72. The lowest BCUT2D eigenvalue weighted by Crippen LogP contribution is -2.71. The van der Waals surface area contributed by atoms with Crippen molar-refractivity contribution in [2.24, 2.45) is 5.41 Å². The summed E-state index contributed by atoms with van der Waals surface area (Å²) in [5.41, 5.74) is 5.16. The van der Waals surface area contributed by atoms with Crippen molar-refractivity contribution in [3.63, 3.8) is 0 Å². The van der Waals surface area contributed by atoms with Crippen molar-refractivity contribution in [2.45, 2.75) is 33.1 Å². The molecule has 0 radical (unpaired) electrons. The molecule has 0 aliphatic carbocycles. The molecule has 0 atom stereocenters. The number of hydrogen-bond donors (Lipinski definition) is 0. The van der Waals surface area contributed by atoms with Crippen LogP contribution >= 0.6 is 0 Å². The number of nitrogens with zero attached hydrogens (tertiary/aromatic N) is 2. The molecule has 0 N–H and O–H groups in total. The van der Waals surface area contributed by atoms with Crippen LogP contribution in [0.3, 0.4) is 0 Å². The highest BCUT2D eigenvalue weighted by molar-refractivity contribution is 5.58. The Balaban J connectivity index is 1.73. The molecule has 104 valence electrons. The Morgan fingerprint density at radius 3 is 2.16 bits per heavy atom. The molecule has 1 spiro atoms. The molecule has 2 nitrogen and oxygen atoms in total. The lowest BCUT2D eigenvalue weighted by Gasteiger charge is -2.60. The molecule has 2 saturated heterocycles. The van der Waals surface area contributed by atoms with Crippen LogP contribution in [0.15, 0.2) is 18.2 Å². The van der Waals surface area contributed by atoms with Crippen LogP contribution in [-0.4, -0.2) is 38.1 Å². The van der Waals surface area contributed by atoms with E-state index >= 15 is 0 Å². The van der Waals surface area contributed by atoms with E-state index in [1.807, 2.05) is 0 Å². The molecule has 2 aliphatic heterocycles. The zero-order valence-electron chi connectivity index (χ0n) is 13.0. The third-order valence-electron chi connectivity index (χ3n) is 4.67. The SMILES string of the molecule is Cc1cc(C(C)(C)C)ccc1N1CC2(CN(C)C2)C1. The molecule has 19 heavy (non-hydrogen) atoms. The van der Waals surface area contributed by atoms with Crippen molar-refractivity contribution >= 4 is 5.69 Å². The molecule has 0 amide bonds. The van der Waals surface area contributed by atoms with Crippen LogP contribution in [0.2, 0.25) is 0 Å². The van der Waals surface area contributed by atoms with Gasteiger partial charge in [0.05, 0.1) is 0 Å². The fourth-order valence-electron chi connectivity index (χ4n) is 3.71. The molecule has 2 fully saturated rings. The van der Waals surface area contributed by atoms with Crippen molar-refractivity contribution in [3.8, 4) is 0 Å². The van der Waals surface area contributed by atoms with Gasteiger partial charge in [0.25, 0.3) is 0 Å². The van der Waals surface area contributed by atoms with Gasteiger partial charge in [-0.2, -0.15) is 0 Å². The summed E-state index contributed by atoms with van der Waals surface area (Å²) in [5.74, 6) is 0. The average molecular weight is 258 g/mol. The Bertz CT molecular complexity index is 484. The molecule has 2 heteroatoms. The lowest BCUT2D eigenvalue weighted by molar-refractivity contribution is -0.00244. The number of rotatable bonds is 1. The van der Waals surface area contributed by atoms with Gasteiger partial charge < -0.3 is 9.80 Å². The first kappa shape index (κ1) is 13.0. The van der Waals surface area contributed by atoms with Gasteiger partial charge in [-0.15, -0.1) is 0 Å². The minimum Gasteiger partial charge on any atom is -0.370 e. The zero-order valence-corrected chi connectivity index (χ0v) is 13.0. The van der Waals surface area contributed by atoms with Gasteiger partial charge >= 0.3 is 0 Å². The second-order valence-electron chi connectivity index (χ2n) is 7.78. The molecule has 0 bridgehead atoms. The van der Waals surface area contributed by atoms with Crippen molar-refractivity contribution < 1.29 is 0 Å². The third-order valence-corrected chi connectivity index (χ3v) is 4.67. The van der Waals surface area contributed by atoms with Crippen molar-refractivity contribution in [1.29, 1.82) is 0 Å². The average Bonchev–Trinajstić information content (AvgIpc) is 2.20. The second-order valence-corrected chi connectivity index (χ2v) is 7.78. The number of hydrogen-bond acceptors (Lipinski definition) is 2. The smallest absolute Gasteiger partial charge is 0.0396 e. The maximum atomic E-state index is 2.55. The van der Waals surface area contributed by atoms with Gasteiger partial charge in [0.1, 0.15) is 0 Å². The highest BCUT2D eigenvalue weighted by Gasteiger charge is 2.50. The van der Waals surface area contributed by atoms with Gasteiger partial charge in [0.15, 0.2) is 0 Å². The van der Waals surface area contributed by atoms with Crippen molar-refractivity contribution in [1.82, 2.24) is 4.90 Å². The first-order chi connectivity index (χ1) is 8.79. The quantitative estimate of drug-likeness (QED) is 0.764. The summed E-state index contributed by atoms with van der Waals surface area (Å²) in [7, 11) is 2.22. The zero-order chi connectivity index (χ0) is 13.8. The Morgan fingerprint density at radius 2 is 1.68 bits per heavy atom. The largest absolute Gasteiger partial charge is 0.370 e. The van der Waals surface area contributed by atoms with Crippen LogP contribution in [-0.2, 0) is 5.41 Å². The van der Waals surface area contributed by atoms with E-state index in [-0.39, 0.29) is 5.41 Å². The number of benzene rings is 1. The summed E-state index contributed by atoms with van der Waals surface area (Å²) in [5, 5.41) is 0. The summed E-state index contributed by atoms with van der Waals surface area (Å²) in [6, 6.07) is 7.00. The number of aryl methyl sites for hydroxylation is 1. The Hall–Kier alpha value is -1.02. The van der Waals surface area contributed by atoms with Gasteiger partial charge in [-0.3, -0.25) is 0 Å². The summed E-state index contributed by atoms with van der Waals surface area (Å²) in [6.45, 7) is 14.1. The standard InChI is InChI=1S/C17H26N2/c1-13-8-14(16(2,3)4)6-7-15(13)19-11-17(12-19)9-18(5)10-17/h6-8H,9-12H2,1-5H3. The monoisotopic (exact) mass is 258 g/mol. The Morgan fingerprint density at radius 1 is 1.05 bits per heavy atom. The highest BCUT2D eigenvalue weighted by Crippen LogP contribution is 2.42. The molecule has 3 rings (SSSR count). The summed E-state index contributed by atoms with van der Waals surface area (Å²) >= 11 is 0. The molecule has 2 aliphatic rings. The van der Waals surface area contributed by atoms with Crippen LogP contribution in [0.25, 0.3) is 0 Å². The number of anilines is 1. The van der Waals surface area contributed by atoms with E-state index in [2.05, 4.69) is 62.7 Å². The van der Waals surface area contributed by atoms with E-state index < -0.39 is 0 Å². The summed E-state index contributed by atoms with van der Waals surface area (Å²) < 4.78 is 0. The fourth-order valence-corrected chi connectivity index (χ4v) is 3.71. The summed E-state index contributed by atoms with van der Waals surface area (Å²) in [4.78, 5) is 4.97. The van der Waals surface area contributed by atoms with Crippen LogP contribution in [0.4, 0.5) is 5.69 Å². The first-order valence-corrected chi connectivity index (χ1v) is 7.34. The van der Waals surface area contributed by atoms with Gasteiger partial charge in [0, 0.05) is 37.3 Å². The van der Waals surface area contributed by atoms with E-state index in [4.69, 9.17) is 0 Å². The van der Waals surface area contributed by atoms with Gasteiger partial charge in [-0.05, 0) is 36.6 Å². The molecule has 0 unspecified atom stereocenters. The van der Waals surface area contributed by atoms with Crippen molar-refractivity contribution in [2.75, 3.05) is 38.1 Å². The lowest BCUT2D eigenvalue weighted by atomic mass is 9.72. The van der Waals surface area contributed by atoms with E-state index in [0.717, 1.165) is 0 Å². The predicted octanol–water partition coefficient (Wildman–Crippen LogP) is 3.04. The number of likely N-dealkylation sites (tertiary alicyclic amines) is 1. The maximum absolute atomic E-state index is 2.55. The molecule has 2 heterocycles. The van der Waals surface area contributed by atoms with E-state index in [1.165, 1.54) is 43.0 Å². The molecule has 0 saturated carbocycles. The second kappa shape index (κ2) is 3.99. The third kappa shape index (κ3) is 2.16. The Labute approximate surface area is 117 Å². The fraction of sp³-hybridized carbons (Fsp3) is 0.647. The minimum absolute atomic E-state index is 0.246. The van der Waals surface area contributed by atoms with E-state index in [9.17, 15) is 0 Å². The molecular formula is C17H26N2. The molecule has 1 aromatic carbocycles. The van der Waals surface area contributed by atoms with Crippen LogP contribution < -0.4 is 4.90 Å². The normalized spacial score (nSPS) is 22.3. The highest BCUT2D eigenvalue weighted by atomic mass is 15.3. The van der Waals surface area contributed by atoms with Crippen molar-refractivity contribution in [3.05, 3.63) is 29.3 Å². The van der Waals surface area contributed by atoms with E-state index in [1.54, 1.807) is 0 Å². The molecule has 1 aromatic rings.